The fourth-order valence-electron chi connectivity index (χ4n) is 3.44. The molecule has 2 amide bonds. The molecule has 0 unspecified atom stereocenters. The summed E-state index contributed by atoms with van der Waals surface area (Å²) < 4.78 is 0. The number of carbonyl (C=O) groups excluding carboxylic acids is 2. The number of para-hydroxylation sites is 1. The van der Waals surface area contributed by atoms with Gasteiger partial charge in [0.15, 0.2) is 5.69 Å². The van der Waals surface area contributed by atoms with Crippen molar-refractivity contribution in [3.05, 3.63) is 77.1 Å². The molecule has 0 aliphatic rings. The number of H-pyrrole nitrogens is 1. The third kappa shape index (κ3) is 2.81. The second-order valence-electron chi connectivity index (χ2n) is 6.31. The van der Waals surface area contributed by atoms with E-state index in [9.17, 15) is 9.59 Å². The van der Waals surface area contributed by atoms with Gasteiger partial charge in [-0.25, -0.2) is 4.98 Å². The number of fused-ring (bicyclic) bond motifs is 3. The van der Waals surface area contributed by atoms with Crippen LogP contribution in [0, 0.1) is 0 Å². The highest BCUT2D eigenvalue weighted by atomic mass is 16.2. The number of aromatic nitrogens is 2. The molecular formula is C21H18N4O2. The zero-order chi connectivity index (χ0) is 19.0. The average molecular weight is 358 g/mol. The van der Waals surface area contributed by atoms with Gasteiger partial charge in [-0.15, -0.1) is 0 Å². The summed E-state index contributed by atoms with van der Waals surface area (Å²) in [5, 5.41) is 4.34. The Morgan fingerprint density at radius 2 is 1.74 bits per heavy atom. The van der Waals surface area contributed by atoms with E-state index in [0.29, 0.717) is 11.9 Å². The summed E-state index contributed by atoms with van der Waals surface area (Å²) in [5.41, 5.74) is 9.07. The monoisotopic (exact) mass is 358 g/mol. The van der Waals surface area contributed by atoms with Crippen LogP contribution in [0.5, 0.6) is 0 Å². The Morgan fingerprint density at radius 1 is 1.04 bits per heavy atom. The van der Waals surface area contributed by atoms with Crippen LogP contribution in [0.4, 0.5) is 0 Å². The predicted octanol–water partition coefficient (Wildman–Crippen LogP) is 2.77. The number of pyridine rings is 1. The fourth-order valence-corrected chi connectivity index (χ4v) is 3.44. The third-order valence-corrected chi connectivity index (χ3v) is 4.65. The molecule has 0 spiro atoms. The maximum absolute atomic E-state index is 12.6. The van der Waals surface area contributed by atoms with E-state index in [2.05, 4.69) is 15.3 Å². The van der Waals surface area contributed by atoms with Gasteiger partial charge in [0.25, 0.3) is 11.8 Å². The normalized spacial score (nSPS) is 11.0. The Hall–Kier alpha value is -3.67. The topological polar surface area (TPSA) is 101 Å². The summed E-state index contributed by atoms with van der Waals surface area (Å²) in [6.07, 6.45) is 0.508. The van der Waals surface area contributed by atoms with Crippen LogP contribution >= 0.6 is 0 Å². The van der Waals surface area contributed by atoms with Gasteiger partial charge in [0.05, 0.1) is 5.52 Å². The number of hydrogen-bond donors (Lipinski definition) is 3. The van der Waals surface area contributed by atoms with E-state index >= 15 is 0 Å². The minimum Gasteiger partial charge on any atom is -0.364 e. The lowest BCUT2D eigenvalue weighted by atomic mass is 9.96. The molecule has 2 heterocycles. The number of nitrogens with zero attached hydrogens (tertiary/aromatic N) is 1. The molecule has 2 aromatic heterocycles. The van der Waals surface area contributed by atoms with Gasteiger partial charge in [-0.2, -0.15) is 0 Å². The van der Waals surface area contributed by atoms with Gasteiger partial charge in [-0.3, -0.25) is 9.59 Å². The molecule has 27 heavy (non-hydrogen) atoms. The van der Waals surface area contributed by atoms with Gasteiger partial charge in [-0.1, -0.05) is 48.5 Å². The van der Waals surface area contributed by atoms with E-state index < -0.39 is 5.91 Å². The van der Waals surface area contributed by atoms with Crippen LogP contribution in [0.1, 0.15) is 32.1 Å². The van der Waals surface area contributed by atoms with Crippen LogP contribution in [-0.2, 0) is 6.42 Å². The summed E-state index contributed by atoms with van der Waals surface area (Å²) in [5.74, 6) is -1.03. The van der Waals surface area contributed by atoms with E-state index in [1.165, 1.54) is 0 Å². The standard InChI is InChI=1S/C21H18N4O2/c1-23-21(27)17-14(11-12-7-3-2-4-8-12)16-13-9-5-6-10-15(13)24-18(16)19(25-17)20(22)26/h2-10,24H,11H2,1H3,(H2,22,26)(H,23,27). The van der Waals surface area contributed by atoms with Crippen LogP contribution in [-0.4, -0.2) is 28.8 Å². The van der Waals surface area contributed by atoms with Crippen LogP contribution in [0.3, 0.4) is 0 Å². The number of primary amides is 1. The Bertz CT molecular complexity index is 1180. The molecule has 4 N–H and O–H groups in total. The number of nitrogens with two attached hydrogens (primary N) is 1. The molecule has 6 heteroatoms. The third-order valence-electron chi connectivity index (χ3n) is 4.65. The van der Waals surface area contributed by atoms with Crippen LogP contribution in [0.15, 0.2) is 54.6 Å². The minimum absolute atomic E-state index is 0.0663. The van der Waals surface area contributed by atoms with E-state index in [-0.39, 0.29) is 17.3 Å². The summed E-state index contributed by atoms with van der Waals surface area (Å²) >= 11 is 0. The largest absolute Gasteiger partial charge is 0.364 e. The first kappa shape index (κ1) is 16.8. The number of benzene rings is 2. The van der Waals surface area contributed by atoms with E-state index in [1.807, 2.05) is 54.6 Å². The molecule has 4 aromatic rings. The number of aromatic amines is 1. The molecule has 0 atom stereocenters. The van der Waals surface area contributed by atoms with Gasteiger partial charge < -0.3 is 16.0 Å². The maximum atomic E-state index is 12.6. The van der Waals surface area contributed by atoms with Gasteiger partial charge in [0.2, 0.25) is 0 Å². The Balaban J connectivity index is 2.12. The van der Waals surface area contributed by atoms with E-state index in [4.69, 9.17) is 5.73 Å². The number of nitrogens with one attached hydrogen (secondary N) is 2. The Morgan fingerprint density at radius 3 is 2.44 bits per heavy atom. The molecule has 0 saturated carbocycles. The molecule has 134 valence electrons. The molecule has 0 bridgehead atoms. The lowest BCUT2D eigenvalue weighted by Crippen LogP contribution is -2.24. The number of rotatable bonds is 4. The first-order valence-corrected chi connectivity index (χ1v) is 8.59. The van der Waals surface area contributed by atoms with Gasteiger partial charge >= 0.3 is 0 Å². The molecule has 6 nitrogen and oxygen atoms in total. The maximum Gasteiger partial charge on any atom is 0.269 e. The first-order chi connectivity index (χ1) is 13.1. The van der Waals surface area contributed by atoms with Gasteiger partial charge in [0, 0.05) is 29.8 Å². The first-order valence-electron chi connectivity index (χ1n) is 8.59. The Kier molecular flexibility index (Phi) is 4.08. The smallest absolute Gasteiger partial charge is 0.269 e. The van der Waals surface area contributed by atoms with Gasteiger partial charge in [0.1, 0.15) is 5.69 Å². The summed E-state index contributed by atoms with van der Waals surface area (Å²) in [6, 6.07) is 17.6. The molecule has 0 saturated heterocycles. The van der Waals surface area contributed by atoms with Crippen LogP contribution in [0.25, 0.3) is 21.8 Å². The summed E-state index contributed by atoms with van der Waals surface area (Å²) in [4.78, 5) is 32.2. The van der Waals surface area contributed by atoms with E-state index in [0.717, 1.165) is 27.4 Å². The fraction of sp³-hybridized carbons (Fsp3) is 0.0952. The van der Waals surface area contributed by atoms with Crippen molar-refractivity contribution in [2.75, 3.05) is 7.05 Å². The highest BCUT2D eigenvalue weighted by Gasteiger charge is 2.24. The molecule has 2 aromatic carbocycles. The minimum atomic E-state index is -0.678. The average Bonchev–Trinajstić information content (AvgIpc) is 3.07. The highest BCUT2D eigenvalue weighted by molar-refractivity contribution is 6.17. The number of hydrogen-bond acceptors (Lipinski definition) is 3. The Labute approximate surface area is 155 Å². The van der Waals surface area contributed by atoms with E-state index in [1.54, 1.807) is 7.05 Å². The lowest BCUT2D eigenvalue weighted by molar-refractivity contribution is 0.0957. The van der Waals surface area contributed by atoms with Crippen molar-refractivity contribution in [1.29, 1.82) is 0 Å². The molecule has 0 radical (unpaired) electrons. The van der Waals surface area contributed by atoms with Crippen molar-refractivity contribution in [1.82, 2.24) is 15.3 Å². The van der Waals surface area contributed by atoms with Crippen molar-refractivity contribution >= 4 is 33.6 Å². The summed E-state index contributed by atoms with van der Waals surface area (Å²) in [7, 11) is 1.54. The highest BCUT2D eigenvalue weighted by Crippen LogP contribution is 2.33. The van der Waals surface area contributed by atoms with Crippen molar-refractivity contribution in [2.24, 2.45) is 5.73 Å². The molecular weight excluding hydrogens is 340 g/mol. The second kappa shape index (κ2) is 6.57. The number of amides is 2. The molecule has 0 aliphatic carbocycles. The van der Waals surface area contributed by atoms with Crippen molar-refractivity contribution in [3.8, 4) is 0 Å². The predicted molar refractivity (Wildman–Crippen MR) is 105 cm³/mol. The molecule has 0 fully saturated rings. The van der Waals surface area contributed by atoms with Crippen LogP contribution in [0.2, 0.25) is 0 Å². The van der Waals surface area contributed by atoms with Gasteiger partial charge in [-0.05, 0) is 17.2 Å². The van der Waals surface area contributed by atoms with Crippen LogP contribution < -0.4 is 11.1 Å². The quantitative estimate of drug-likeness (QED) is 0.523. The molecule has 4 rings (SSSR count). The van der Waals surface area contributed by atoms with Crippen molar-refractivity contribution < 1.29 is 9.59 Å². The van der Waals surface area contributed by atoms with Crippen molar-refractivity contribution in [2.45, 2.75) is 6.42 Å². The zero-order valence-electron chi connectivity index (χ0n) is 14.7. The second-order valence-corrected chi connectivity index (χ2v) is 6.31. The lowest BCUT2D eigenvalue weighted by Gasteiger charge is -2.12. The van der Waals surface area contributed by atoms with Crippen molar-refractivity contribution in [3.63, 3.8) is 0 Å². The zero-order valence-corrected chi connectivity index (χ0v) is 14.7. The summed E-state index contributed by atoms with van der Waals surface area (Å²) in [6.45, 7) is 0. The SMILES string of the molecule is CNC(=O)c1nc(C(N)=O)c2[nH]c3ccccc3c2c1Cc1ccccc1. The number of carbonyl (C=O) groups is 2. The molecule has 0 aliphatic heterocycles.